The van der Waals surface area contributed by atoms with E-state index in [0.29, 0.717) is 25.0 Å². The summed E-state index contributed by atoms with van der Waals surface area (Å²) < 4.78 is 39.2. The van der Waals surface area contributed by atoms with Crippen LogP contribution in [0.1, 0.15) is 20.3 Å². The molecule has 0 aliphatic heterocycles. The quantitative estimate of drug-likeness (QED) is 0.642. The Labute approximate surface area is 156 Å². The lowest BCUT2D eigenvalue weighted by Crippen LogP contribution is -2.29. The molecule has 0 bridgehead atoms. The molecule has 0 spiro atoms. The first-order valence-corrected chi connectivity index (χ1v) is 10.3. The van der Waals surface area contributed by atoms with E-state index in [2.05, 4.69) is 4.72 Å². The summed E-state index contributed by atoms with van der Waals surface area (Å²) >= 11 is 0. The molecular formula is C19H28N2O4S. The molecule has 0 aliphatic rings. The van der Waals surface area contributed by atoms with Gasteiger partial charge in [0.05, 0.1) is 4.90 Å². The maximum Gasteiger partial charge on any atom is 0.241 e. The van der Waals surface area contributed by atoms with Crippen molar-refractivity contribution in [2.24, 2.45) is 0 Å². The number of fused-ring (bicyclic) bond motifs is 1. The minimum Gasteiger partial charge on any atom is -0.377 e. The molecule has 6 nitrogen and oxygen atoms in total. The number of nitrogens with zero attached hydrogens (tertiary/aromatic N) is 1. The van der Waals surface area contributed by atoms with E-state index in [4.69, 9.17) is 9.47 Å². The second kappa shape index (κ2) is 9.32. The van der Waals surface area contributed by atoms with Crippen LogP contribution < -0.4 is 9.62 Å². The Morgan fingerprint density at radius 3 is 2.23 bits per heavy atom. The van der Waals surface area contributed by atoms with E-state index < -0.39 is 16.3 Å². The molecule has 1 N–H and O–H groups in total. The lowest BCUT2D eigenvalue weighted by Gasteiger charge is -2.18. The highest BCUT2D eigenvalue weighted by atomic mass is 32.2. The predicted octanol–water partition coefficient (Wildman–Crippen LogP) is 2.97. The summed E-state index contributed by atoms with van der Waals surface area (Å²) in [5.41, 5.74) is 0.979. The topological polar surface area (TPSA) is 67.9 Å². The van der Waals surface area contributed by atoms with Gasteiger partial charge in [-0.05, 0) is 26.0 Å². The number of sulfonamides is 1. The van der Waals surface area contributed by atoms with Crippen molar-refractivity contribution in [2.45, 2.75) is 31.5 Å². The zero-order valence-electron chi connectivity index (χ0n) is 15.9. The van der Waals surface area contributed by atoms with Gasteiger partial charge in [0, 0.05) is 56.7 Å². The second-order valence-corrected chi connectivity index (χ2v) is 7.78. The van der Waals surface area contributed by atoms with Crippen molar-refractivity contribution >= 4 is 26.5 Å². The van der Waals surface area contributed by atoms with Gasteiger partial charge in [0.2, 0.25) is 10.0 Å². The molecule has 2 aromatic carbocycles. The van der Waals surface area contributed by atoms with Gasteiger partial charge in [0.15, 0.2) is 6.29 Å². The molecule has 7 heteroatoms. The SMILES string of the molecule is CCOC(CCNS(=O)(=O)c1cccc2c(N(C)C)cccc12)OCC. The maximum atomic E-state index is 12.8. The molecule has 0 heterocycles. The van der Waals surface area contributed by atoms with E-state index in [0.717, 1.165) is 11.1 Å². The maximum absolute atomic E-state index is 12.8. The van der Waals surface area contributed by atoms with Crippen LogP contribution in [0.25, 0.3) is 10.8 Å². The predicted molar refractivity (Wildman–Crippen MR) is 105 cm³/mol. The van der Waals surface area contributed by atoms with Crippen LogP contribution in [0.3, 0.4) is 0 Å². The van der Waals surface area contributed by atoms with E-state index in [1.165, 1.54) is 0 Å². The Bertz CT molecular complexity index is 815. The lowest BCUT2D eigenvalue weighted by atomic mass is 10.1. The first-order chi connectivity index (χ1) is 12.4. The smallest absolute Gasteiger partial charge is 0.241 e. The van der Waals surface area contributed by atoms with Crippen molar-refractivity contribution in [2.75, 3.05) is 38.8 Å². The van der Waals surface area contributed by atoms with Crippen molar-refractivity contribution in [3.8, 4) is 0 Å². The second-order valence-electron chi connectivity index (χ2n) is 6.05. The Morgan fingerprint density at radius 2 is 1.62 bits per heavy atom. The van der Waals surface area contributed by atoms with Gasteiger partial charge in [-0.1, -0.05) is 24.3 Å². The fraction of sp³-hybridized carbons (Fsp3) is 0.474. The van der Waals surface area contributed by atoms with Gasteiger partial charge >= 0.3 is 0 Å². The van der Waals surface area contributed by atoms with Crippen LogP contribution in [-0.4, -0.2) is 48.6 Å². The Balaban J connectivity index is 2.22. The Morgan fingerprint density at radius 1 is 1.00 bits per heavy atom. The van der Waals surface area contributed by atoms with Gasteiger partial charge in [-0.15, -0.1) is 0 Å². The molecule has 0 aliphatic carbocycles. The molecule has 0 atom stereocenters. The molecule has 2 aromatic rings. The highest BCUT2D eigenvalue weighted by Crippen LogP contribution is 2.30. The van der Waals surface area contributed by atoms with Crippen LogP contribution >= 0.6 is 0 Å². The number of ether oxygens (including phenoxy) is 2. The zero-order chi connectivity index (χ0) is 19.2. The van der Waals surface area contributed by atoms with Gasteiger partial charge in [-0.2, -0.15) is 0 Å². The fourth-order valence-corrected chi connectivity index (χ4v) is 4.13. The molecular weight excluding hydrogens is 352 g/mol. The fourth-order valence-electron chi connectivity index (χ4n) is 2.86. The van der Waals surface area contributed by atoms with Gasteiger partial charge in [0.25, 0.3) is 0 Å². The number of hydrogen-bond acceptors (Lipinski definition) is 5. The highest BCUT2D eigenvalue weighted by Gasteiger charge is 2.19. The third kappa shape index (κ3) is 4.94. The summed E-state index contributed by atoms with van der Waals surface area (Å²) in [6.07, 6.45) is 0.0507. The molecule has 0 aromatic heterocycles. The third-order valence-corrected chi connectivity index (χ3v) is 5.53. The zero-order valence-corrected chi connectivity index (χ0v) is 16.7. The monoisotopic (exact) mass is 380 g/mol. The Kier molecular flexibility index (Phi) is 7.40. The highest BCUT2D eigenvalue weighted by molar-refractivity contribution is 7.89. The summed E-state index contributed by atoms with van der Waals surface area (Å²) in [7, 11) is 0.246. The van der Waals surface area contributed by atoms with Gasteiger partial charge in [-0.3, -0.25) is 0 Å². The van der Waals surface area contributed by atoms with Crippen molar-refractivity contribution < 1.29 is 17.9 Å². The first kappa shape index (κ1) is 20.6. The van der Waals surface area contributed by atoms with Crippen molar-refractivity contribution in [1.82, 2.24) is 4.72 Å². The molecule has 0 fully saturated rings. The standard InChI is InChI=1S/C19H28N2O4S/c1-5-24-19(25-6-2)13-14-20-26(22,23)18-12-8-9-15-16(18)10-7-11-17(15)21(3)4/h7-12,19-20H,5-6,13-14H2,1-4H3. The van der Waals surface area contributed by atoms with E-state index >= 15 is 0 Å². The van der Waals surface area contributed by atoms with E-state index in [1.54, 1.807) is 12.1 Å². The minimum absolute atomic E-state index is 0.247. The summed E-state index contributed by atoms with van der Waals surface area (Å²) in [4.78, 5) is 2.25. The van der Waals surface area contributed by atoms with Gasteiger partial charge in [-0.25, -0.2) is 13.1 Å². The summed E-state index contributed by atoms with van der Waals surface area (Å²) in [5, 5.41) is 1.61. The summed E-state index contributed by atoms with van der Waals surface area (Å²) in [5.74, 6) is 0. The van der Waals surface area contributed by atoms with Crippen molar-refractivity contribution in [1.29, 1.82) is 0 Å². The molecule has 0 saturated carbocycles. The average Bonchev–Trinajstić information content (AvgIpc) is 2.60. The molecule has 26 heavy (non-hydrogen) atoms. The molecule has 0 unspecified atom stereocenters. The molecule has 0 amide bonds. The van der Waals surface area contributed by atoms with Crippen LogP contribution in [0.5, 0.6) is 0 Å². The lowest BCUT2D eigenvalue weighted by molar-refractivity contribution is -0.138. The first-order valence-electron chi connectivity index (χ1n) is 8.82. The van der Waals surface area contributed by atoms with Gasteiger partial charge < -0.3 is 14.4 Å². The Hall–Kier alpha value is -1.67. The number of rotatable bonds is 10. The molecule has 0 radical (unpaired) electrons. The molecule has 0 saturated heterocycles. The number of benzene rings is 2. The van der Waals surface area contributed by atoms with Crippen LogP contribution in [-0.2, 0) is 19.5 Å². The molecule has 144 valence electrons. The van der Waals surface area contributed by atoms with E-state index in [9.17, 15) is 8.42 Å². The van der Waals surface area contributed by atoms with E-state index in [1.807, 2.05) is 57.1 Å². The van der Waals surface area contributed by atoms with Crippen molar-refractivity contribution in [3.05, 3.63) is 36.4 Å². The normalized spacial score (nSPS) is 12.0. The number of nitrogens with one attached hydrogen (secondary N) is 1. The number of anilines is 1. The largest absolute Gasteiger partial charge is 0.377 e. The van der Waals surface area contributed by atoms with Crippen LogP contribution in [0.2, 0.25) is 0 Å². The van der Waals surface area contributed by atoms with Crippen LogP contribution in [0, 0.1) is 0 Å². The van der Waals surface area contributed by atoms with E-state index in [-0.39, 0.29) is 11.4 Å². The minimum atomic E-state index is -3.63. The number of hydrogen-bond donors (Lipinski definition) is 1. The summed E-state index contributed by atoms with van der Waals surface area (Å²) in [6.45, 7) is 5.06. The third-order valence-electron chi connectivity index (χ3n) is 4.01. The van der Waals surface area contributed by atoms with Crippen molar-refractivity contribution in [3.63, 3.8) is 0 Å². The van der Waals surface area contributed by atoms with Crippen LogP contribution in [0.4, 0.5) is 5.69 Å². The van der Waals surface area contributed by atoms with Gasteiger partial charge in [0.1, 0.15) is 0 Å². The van der Waals surface area contributed by atoms with Crippen LogP contribution in [0.15, 0.2) is 41.3 Å². The molecule has 2 rings (SSSR count). The summed E-state index contributed by atoms with van der Waals surface area (Å²) in [6, 6.07) is 11.0. The average molecular weight is 381 g/mol.